The summed E-state index contributed by atoms with van der Waals surface area (Å²) in [6.07, 6.45) is 3.83. The molecule has 1 aromatic heterocycles. The summed E-state index contributed by atoms with van der Waals surface area (Å²) < 4.78 is 1.88. The highest BCUT2D eigenvalue weighted by Gasteiger charge is 2.15. The van der Waals surface area contributed by atoms with Crippen LogP contribution in [0, 0.1) is 6.92 Å². The molecular formula is C13H15N3S. The molecule has 0 saturated heterocycles. The summed E-state index contributed by atoms with van der Waals surface area (Å²) in [5.74, 6) is 0.0329. The predicted octanol–water partition coefficient (Wildman–Crippen LogP) is 2.26. The van der Waals surface area contributed by atoms with Crippen LogP contribution in [0.1, 0.15) is 17.0 Å². The number of aromatic nitrogens is 2. The number of thiocarbonyl (C=S) groups is 1. The molecule has 0 aliphatic carbocycles. The fraction of sp³-hybridized carbons (Fsp3) is 0.231. The smallest absolute Gasteiger partial charge is 0.0822 e. The van der Waals surface area contributed by atoms with E-state index in [0.717, 1.165) is 11.1 Å². The molecule has 17 heavy (non-hydrogen) atoms. The van der Waals surface area contributed by atoms with Gasteiger partial charge in [0.1, 0.15) is 0 Å². The average Bonchev–Trinajstić information content (AvgIpc) is 2.73. The van der Waals surface area contributed by atoms with Crippen LogP contribution < -0.4 is 5.73 Å². The Morgan fingerprint density at radius 3 is 2.65 bits per heavy atom. The molecule has 3 nitrogen and oxygen atoms in total. The average molecular weight is 245 g/mol. The van der Waals surface area contributed by atoms with Crippen LogP contribution in [0.25, 0.3) is 0 Å². The lowest BCUT2D eigenvalue weighted by atomic mass is 9.99. The highest BCUT2D eigenvalue weighted by molar-refractivity contribution is 7.80. The third-order valence-electron chi connectivity index (χ3n) is 2.68. The number of hydrogen-bond donors (Lipinski definition) is 1. The van der Waals surface area contributed by atoms with E-state index in [0.29, 0.717) is 11.5 Å². The summed E-state index contributed by atoms with van der Waals surface area (Å²) in [7, 11) is 0. The third-order valence-corrected chi connectivity index (χ3v) is 2.96. The van der Waals surface area contributed by atoms with Crippen LogP contribution in [-0.2, 0) is 6.54 Å². The molecule has 1 heterocycles. The minimum absolute atomic E-state index is 0.0329. The van der Waals surface area contributed by atoms with Crippen molar-refractivity contribution in [1.29, 1.82) is 0 Å². The maximum atomic E-state index is 5.81. The Labute approximate surface area is 106 Å². The van der Waals surface area contributed by atoms with Crippen molar-refractivity contribution in [3.8, 4) is 0 Å². The first-order valence-electron chi connectivity index (χ1n) is 5.50. The molecule has 0 amide bonds. The van der Waals surface area contributed by atoms with Gasteiger partial charge in [-0.1, -0.05) is 42.5 Å². The van der Waals surface area contributed by atoms with Gasteiger partial charge in [-0.15, -0.1) is 0 Å². The van der Waals surface area contributed by atoms with Gasteiger partial charge in [0, 0.05) is 6.20 Å². The minimum Gasteiger partial charge on any atom is -0.393 e. The topological polar surface area (TPSA) is 43.8 Å². The number of nitrogens with zero attached hydrogens (tertiary/aromatic N) is 2. The third kappa shape index (κ3) is 2.91. The molecule has 0 fully saturated rings. The molecule has 0 aliphatic rings. The maximum absolute atomic E-state index is 5.81. The second kappa shape index (κ2) is 5.10. The van der Waals surface area contributed by atoms with Crippen LogP contribution in [0.2, 0.25) is 0 Å². The van der Waals surface area contributed by atoms with Crippen LogP contribution in [0.15, 0.2) is 42.7 Å². The van der Waals surface area contributed by atoms with E-state index in [1.165, 1.54) is 0 Å². The Bertz CT molecular complexity index is 504. The van der Waals surface area contributed by atoms with Gasteiger partial charge < -0.3 is 5.73 Å². The summed E-state index contributed by atoms with van der Waals surface area (Å²) in [6.45, 7) is 2.70. The molecule has 0 bridgehead atoms. The standard InChI is InChI=1S/C13H15N3S/c1-10-7-15-16(8-10)9-12(13(14)17)11-5-3-2-4-6-11/h2-8,12H,9H2,1H3,(H2,14,17). The van der Waals surface area contributed by atoms with Gasteiger partial charge in [0.05, 0.1) is 23.6 Å². The highest BCUT2D eigenvalue weighted by atomic mass is 32.1. The minimum atomic E-state index is 0.0329. The van der Waals surface area contributed by atoms with Gasteiger partial charge >= 0.3 is 0 Å². The van der Waals surface area contributed by atoms with Crippen molar-refractivity contribution in [2.75, 3.05) is 0 Å². The molecule has 2 rings (SSSR count). The Hall–Kier alpha value is -1.68. The van der Waals surface area contributed by atoms with E-state index in [9.17, 15) is 0 Å². The van der Waals surface area contributed by atoms with E-state index < -0.39 is 0 Å². The van der Waals surface area contributed by atoms with Crippen molar-refractivity contribution in [2.24, 2.45) is 5.73 Å². The van der Waals surface area contributed by atoms with Crippen LogP contribution >= 0.6 is 12.2 Å². The molecule has 4 heteroatoms. The van der Waals surface area contributed by atoms with Gasteiger partial charge in [-0.3, -0.25) is 4.68 Å². The van der Waals surface area contributed by atoms with Gasteiger partial charge in [0.2, 0.25) is 0 Å². The first-order chi connectivity index (χ1) is 8.16. The van der Waals surface area contributed by atoms with E-state index in [1.54, 1.807) is 0 Å². The van der Waals surface area contributed by atoms with Crippen molar-refractivity contribution in [2.45, 2.75) is 19.4 Å². The Balaban J connectivity index is 2.22. The number of hydrogen-bond acceptors (Lipinski definition) is 2. The zero-order chi connectivity index (χ0) is 12.3. The predicted molar refractivity (Wildman–Crippen MR) is 72.9 cm³/mol. The molecule has 2 aromatic rings. The normalized spacial score (nSPS) is 12.3. The molecule has 0 aliphatic heterocycles. The van der Waals surface area contributed by atoms with Crippen LogP contribution in [-0.4, -0.2) is 14.8 Å². The Morgan fingerprint density at radius 2 is 2.12 bits per heavy atom. The van der Waals surface area contributed by atoms with Gasteiger partial charge in [0.15, 0.2) is 0 Å². The SMILES string of the molecule is Cc1cnn(CC(C(N)=S)c2ccccc2)c1. The van der Waals surface area contributed by atoms with E-state index >= 15 is 0 Å². The van der Waals surface area contributed by atoms with Crippen molar-refractivity contribution in [3.63, 3.8) is 0 Å². The highest BCUT2D eigenvalue weighted by Crippen LogP contribution is 2.18. The molecule has 0 spiro atoms. The lowest BCUT2D eigenvalue weighted by Crippen LogP contribution is -2.24. The maximum Gasteiger partial charge on any atom is 0.0822 e. The number of benzene rings is 1. The number of aryl methyl sites for hydroxylation is 1. The second-order valence-corrected chi connectivity index (χ2v) is 4.58. The second-order valence-electron chi connectivity index (χ2n) is 4.11. The van der Waals surface area contributed by atoms with Gasteiger partial charge in [-0.05, 0) is 18.1 Å². The summed E-state index contributed by atoms with van der Waals surface area (Å²) in [4.78, 5) is 0.504. The summed E-state index contributed by atoms with van der Waals surface area (Å²) in [5, 5.41) is 4.26. The molecule has 88 valence electrons. The lowest BCUT2D eigenvalue weighted by Gasteiger charge is -2.15. The van der Waals surface area contributed by atoms with Gasteiger partial charge in [0.25, 0.3) is 0 Å². The van der Waals surface area contributed by atoms with E-state index in [-0.39, 0.29) is 5.92 Å². The fourth-order valence-electron chi connectivity index (χ4n) is 1.80. The molecule has 1 unspecified atom stereocenters. The van der Waals surface area contributed by atoms with Crippen molar-refractivity contribution in [1.82, 2.24) is 9.78 Å². The zero-order valence-electron chi connectivity index (χ0n) is 9.71. The Morgan fingerprint density at radius 1 is 1.41 bits per heavy atom. The molecule has 1 aromatic carbocycles. The van der Waals surface area contributed by atoms with Crippen molar-refractivity contribution >= 4 is 17.2 Å². The number of rotatable bonds is 4. The van der Waals surface area contributed by atoms with Gasteiger partial charge in [-0.25, -0.2) is 0 Å². The molecule has 0 saturated carbocycles. The summed E-state index contributed by atoms with van der Waals surface area (Å²) >= 11 is 5.14. The monoisotopic (exact) mass is 245 g/mol. The van der Waals surface area contributed by atoms with Crippen LogP contribution in [0.5, 0.6) is 0 Å². The van der Waals surface area contributed by atoms with Crippen LogP contribution in [0.3, 0.4) is 0 Å². The molecule has 2 N–H and O–H groups in total. The zero-order valence-corrected chi connectivity index (χ0v) is 10.5. The Kier molecular flexibility index (Phi) is 3.54. The van der Waals surface area contributed by atoms with E-state index in [1.807, 2.05) is 54.3 Å². The van der Waals surface area contributed by atoms with E-state index in [2.05, 4.69) is 5.10 Å². The molecule has 0 radical (unpaired) electrons. The van der Waals surface area contributed by atoms with Crippen LogP contribution in [0.4, 0.5) is 0 Å². The van der Waals surface area contributed by atoms with E-state index in [4.69, 9.17) is 18.0 Å². The lowest BCUT2D eigenvalue weighted by molar-refractivity contribution is 0.589. The van der Waals surface area contributed by atoms with Gasteiger partial charge in [-0.2, -0.15) is 5.10 Å². The van der Waals surface area contributed by atoms with Crippen molar-refractivity contribution in [3.05, 3.63) is 53.9 Å². The molecular weight excluding hydrogens is 230 g/mol. The summed E-state index contributed by atoms with van der Waals surface area (Å²) in [5.41, 5.74) is 8.08. The number of nitrogens with two attached hydrogens (primary N) is 1. The summed E-state index contributed by atoms with van der Waals surface area (Å²) in [6, 6.07) is 10.1. The largest absolute Gasteiger partial charge is 0.393 e. The first-order valence-corrected chi connectivity index (χ1v) is 5.91. The first kappa shape index (κ1) is 11.8. The fourth-order valence-corrected chi connectivity index (χ4v) is 2.01. The molecule has 1 atom stereocenters. The van der Waals surface area contributed by atoms with Crippen molar-refractivity contribution < 1.29 is 0 Å². The quantitative estimate of drug-likeness (QED) is 0.840.